The summed E-state index contributed by atoms with van der Waals surface area (Å²) in [7, 11) is 0. The summed E-state index contributed by atoms with van der Waals surface area (Å²) in [4.78, 5) is 29.1. The van der Waals surface area contributed by atoms with Crippen LogP contribution in [0.25, 0.3) is 27.7 Å². The van der Waals surface area contributed by atoms with E-state index in [1.807, 2.05) is 36.4 Å². The van der Waals surface area contributed by atoms with E-state index in [0.29, 0.717) is 28.8 Å². The number of para-hydroxylation sites is 1. The van der Waals surface area contributed by atoms with E-state index in [4.69, 9.17) is 4.98 Å². The Morgan fingerprint density at radius 1 is 0.811 bits per heavy atom. The average Bonchev–Trinajstić information content (AvgIpc) is 3.44. The number of nitro benzene ring substituents is 1. The largest absolute Gasteiger partial charge is 0.299 e. The summed E-state index contributed by atoms with van der Waals surface area (Å²) in [6.07, 6.45) is 0.530. The fourth-order valence-corrected chi connectivity index (χ4v) is 4.61. The number of hydrogen-bond acceptors (Lipinski definition) is 6. The van der Waals surface area contributed by atoms with E-state index >= 15 is 0 Å². The molecule has 8 heteroatoms. The normalized spacial score (nSPS) is 14.8. The van der Waals surface area contributed by atoms with Crippen molar-refractivity contribution < 1.29 is 4.92 Å². The molecule has 6 rings (SSSR count). The molecule has 37 heavy (non-hydrogen) atoms. The number of fused-ring (bicyclic) bond motifs is 1. The van der Waals surface area contributed by atoms with E-state index in [9.17, 15) is 14.9 Å². The first-order valence-electron chi connectivity index (χ1n) is 11.8. The van der Waals surface area contributed by atoms with Crippen LogP contribution in [0, 0.1) is 10.1 Å². The van der Waals surface area contributed by atoms with Gasteiger partial charge in [-0.1, -0.05) is 66.7 Å². The van der Waals surface area contributed by atoms with Crippen molar-refractivity contribution in [1.29, 1.82) is 0 Å². The lowest BCUT2D eigenvalue weighted by molar-refractivity contribution is -0.384. The average molecular weight is 488 g/mol. The highest BCUT2D eigenvalue weighted by Gasteiger charge is 2.27. The van der Waals surface area contributed by atoms with Crippen LogP contribution < -0.4 is 11.0 Å². The molecule has 1 aliphatic heterocycles. The molecule has 1 aromatic heterocycles. The van der Waals surface area contributed by atoms with Crippen molar-refractivity contribution >= 4 is 22.3 Å². The predicted molar refractivity (Wildman–Crippen MR) is 143 cm³/mol. The third kappa shape index (κ3) is 4.14. The molecule has 1 atom stereocenters. The Bertz CT molecular complexity index is 1710. The molecule has 0 radical (unpaired) electrons. The number of aromatic nitrogens is 2. The van der Waals surface area contributed by atoms with E-state index in [-0.39, 0.29) is 17.3 Å². The Balaban J connectivity index is 1.36. The maximum absolute atomic E-state index is 13.6. The maximum atomic E-state index is 13.6. The summed E-state index contributed by atoms with van der Waals surface area (Å²) in [5.74, 6) is 0.497. The molecule has 0 aliphatic carbocycles. The van der Waals surface area contributed by atoms with Crippen molar-refractivity contribution in [1.82, 2.24) is 15.0 Å². The highest BCUT2D eigenvalue weighted by atomic mass is 16.6. The van der Waals surface area contributed by atoms with Crippen LogP contribution in [0.5, 0.6) is 0 Å². The Morgan fingerprint density at radius 3 is 2.19 bits per heavy atom. The number of nitrogens with zero attached hydrogens (tertiary/aromatic N) is 4. The first-order valence-corrected chi connectivity index (χ1v) is 11.8. The second kappa shape index (κ2) is 9.16. The predicted octanol–water partition coefficient (Wildman–Crippen LogP) is 5.40. The van der Waals surface area contributed by atoms with Gasteiger partial charge in [-0.3, -0.25) is 24.9 Å². The second-order valence-electron chi connectivity index (χ2n) is 8.79. The minimum Gasteiger partial charge on any atom is -0.299 e. The lowest BCUT2D eigenvalue weighted by Crippen LogP contribution is -2.28. The van der Waals surface area contributed by atoms with Gasteiger partial charge in [-0.15, -0.1) is 0 Å². The Hall–Kier alpha value is -5.11. The van der Waals surface area contributed by atoms with Gasteiger partial charge in [0.1, 0.15) is 11.9 Å². The smallest absolute Gasteiger partial charge is 0.269 e. The third-order valence-corrected chi connectivity index (χ3v) is 6.51. The van der Waals surface area contributed by atoms with Crippen LogP contribution in [0.1, 0.15) is 23.9 Å². The van der Waals surface area contributed by atoms with Gasteiger partial charge in [-0.05, 0) is 41.0 Å². The molecule has 5 aromatic rings. The quantitative estimate of drug-likeness (QED) is 0.264. The number of nitro groups is 1. The van der Waals surface area contributed by atoms with Crippen LogP contribution >= 0.6 is 0 Å². The lowest BCUT2D eigenvalue weighted by atomic mass is 9.99. The van der Waals surface area contributed by atoms with Crippen LogP contribution in [0.3, 0.4) is 0 Å². The lowest BCUT2D eigenvalue weighted by Gasteiger charge is -2.18. The summed E-state index contributed by atoms with van der Waals surface area (Å²) >= 11 is 0. The zero-order chi connectivity index (χ0) is 25.4. The molecule has 0 saturated heterocycles. The van der Waals surface area contributed by atoms with Gasteiger partial charge in [-0.2, -0.15) is 5.10 Å². The molecule has 180 valence electrons. The van der Waals surface area contributed by atoms with E-state index in [1.165, 1.54) is 16.7 Å². The number of non-ortho nitro benzene ring substituents is 1. The molecule has 0 fully saturated rings. The van der Waals surface area contributed by atoms with Crippen molar-refractivity contribution in [2.24, 2.45) is 5.10 Å². The highest BCUT2D eigenvalue weighted by Crippen LogP contribution is 2.28. The Kier molecular flexibility index (Phi) is 5.54. The zero-order valence-corrected chi connectivity index (χ0v) is 19.6. The molecular formula is C29H21N5O3. The molecule has 1 N–H and O–H groups in total. The summed E-state index contributed by atoms with van der Waals surface area (Å²) in [5.41, 5.74) is 8.08. The van der Waals surface area contributed by atoms with Crippen LogP contribution in [0.2, 0.25) is 0 Å². The first kappa shape index (κ1) is 22.4. The van der Waals surface area contributed by atoms with Crippen molar-refractivity contribution in [3.63, 3.8) is 0 Å². The van der Waals surface area contributed by atoms with Crippen molar-refractivity contribution in [3.8, 4) is 16.8 Å². The van der Waals surface area contributed by atoms with Crippen LogP contribution in [-0.2, 0) is 0 Å². The van der Waals surface area contributed by atoms with E-state index in [2.05, 4.69) is 34.8 Å². The van der Waals surface area contributed by atoms with Gasteiger partial charge in [0.25, 0.3) is 11.2 Å². The number of hydrazone groups is 1. The summed E-state index contributed by atoms with van der Waals surface area (Å²) in [6.45, 7) is 0. The summed E-state index contributed by atoms with van der Waals surface area (Å²) in [6, 6.07) is 31.1. The molecule has 0 saturated carbocycles. The van der Waals surface area contributed by atoms with Crippen LogP contribution in [0.4, 0.5) is 5.69 Å². The zero-order valence-electron chi connectivity index (χ0n) is 19.6. The molecule has 0 amide bonds. The fraction of sp³-hybridized carbons (Fsp3) is 0.0690. The molecule has 8 nitrogen and oxygen atoms in total. The summed E-state index contributed by atoms with van der Waals surface area (Å²) < 4.78 is 1.51. The van der Waals surface area contributed by atoms with E-state index in [0.717, 1.165) is 22.4 Å². The molecular weight excluding hydrogens is 466 g/mol. The second-order valence-corrected chi connectivity index (χ2v) is 8.79. The van der Waals surface area contributed by atoms with Gasteiger partial charge in [0.15, 0.2) is 0 Å². The van der Waals surface area contributed by atoms with Crippen LogP contribution in [-0.4, -0.2) is 20.2 Å². The number of benzene rings is 4. The number of nitrogens with one attached hydrogen (secondary N) is 1. The van der Waals surface area contributed by atoms with E-state index in [1.54, 1.807) is 30.3 Å². The van der Waals surface area contributed by atoms with Gasteiger partial charge < -0.3 is 0 Å². The minimum absolute atomic E-state index is 0.0457. The first-order chi connectivity index (χ1) is 18.1. The van der Waals surface area contributed by atoms with E-state index < -0.39 is 4.92 Å². The highest BCUT2D eigenvalue weighted by molar-refractivity contribution is 6.02. The summed E-state index contributed by atoms with van der Waals surface area (Å²) in [5, 5.41) is 16.2. The third-order valence-electron chi connectivity index (χ3n) is 6.51. The van der Waals surface area contributed by atoms with Gasteiger partial charge >= 0.3 is 0 Å². The van der Waals surface area contributed by atoms with Crippen molar-refractivity contribution in [3.05, 3.63) is 135 Å². The fourth-order valence-electron chi connectivity index (χ4n) is 4.61. The molecule has 1 unspecified atom stereocenters. The van der Waals surface area contributed by atoms with Gasteiger partial charge in [0, 0.05) is 18.6 Å². The Labute approximate surface area is 211 Å². The van der Waals surface area contributed by atoms with Crippen molar-refractivity contribution in [2.45, 2.75) is 12.5 Å². The topological polar surface area (TPSA) is 102 Å². The Morgan fingerprint density at radius 2 is 1.46 bits per heavy atom. The molecule has 0 spiro atoms. The molecule has 2 heterocycles. The van der Waals surface area contributed by atoms with Crippen LogP contribution in [0.15, 0.2) is 113 Å². The minimum atomic E-state index is -0.464. The van der Waals surface area contributed by atoms with Crippen molar-refractivity contribution in [2.75, 3.05) is 0 Å². The van der Waals surface area contributed by atoms with Gasteiger partial charge in [0.2, 0.25) is 0 Å². The molecule has 0 bridgehead atoms. The molecule has 1 aliphatic rings. The standard InChI is InChI=1S/C29H21N5O3/c35-29-24-8-4-5-9-25(24)30-28(33(29)22-14-16-23(17-15-22)34(36)37)27-18-26(31-32-27)21-12-10-20(11-13-21)19-6-2-1-3-7-19/h1-17,27,32H,18H2. The number of hydrogen-bond donors (Lipinski definition) is 1. The number of rotatable bonds is 5. The maximum Gasteiger partial charge on any atom is 0.269 e. The molecule has 4 aromatic carbocycles. The monoisotopic (exact) mass is 487 g/mol. The SMILES string of the molecule is O=c1c2ccccc2nc(C2CC(c3ccc(-c4ccccc4)cc3)=NN2)n1-c1ccc([N+](=O)[O-])cc1. The van der Waals surface area contributed by atoms with Gasteiger partial charge in [-0.25, -0.2) is 4.98 Å². The van der Waals surface area contributed by atoms with Gasteiger partial charge in [0.05, 0.1) is 27.2 Å².